The summed E-state index contributed by atoms with van der Waals surface area (Å²) in [7, 11) is 2.80. The van der Waals surface area contributed by atoms with E-state index in [-0.39, 0.29) is 30.2 Å². The number of nitrogens with one attached hydrogen (secondary N) is 1. The van der Waals surface area contributed by atoms with Gasteiger partial charge in [0.2, 0.25) is 5.91 Å². The van der Waals surface area contributed by atoms with Gasteiger partial charge in [0.1, 0.15) is 0 Å². The molecule has 21 heavy (non-hydrogen) atoms. The summed E-state index contributed by atoms with van der Waals surface area (Å²) >= 11 is 0. The van der Waals surface area contributed by atoms with Gasteiger partial charge in [-0.25, -0.2) is 4.39 Å². The Kier molecular flexibility index (Phi) is 6.45. The topological polar surface area (TPSA) is 84.9 Å². The monoisotopic (exact) mass is 299 g/mol. The van der Waals surface area contributed by atoms with Crippen LogP contribution in [-0.2, 0) is 9.59 Å². The number of hydrogen-bond donors (Lipinski definition) is 2. The van der Waals surface area contributed by atoms with Gasteiger partial charge in [0.25, 0.3) is 0 Å². The average Bonchev–Trinajstić information content (AvgIpc) is 2.45. The summed E-state index contributed by atoms with van der Waals surface area (Å²) in [5, 5.41) is 10.9. The van der Waals surface area contributed by atoms with Crippen molar-refractivity contribution in [2.24, 2.45) is 0 Å². The summed E-state index contributed by atoms with van der Waals surface area (Å²) in [5.41, 5.74) is -0.00381. The molecule has 1 rings (SSSR count). The summed E-state index contributed by atoms with van der Waals surface area (Å²) < 4.78 is 23.8. The van der Waals surface area contributed by atoms with E-state index in [0.717, 1.165) is 6.07 Å². The number of aliphatic carboxylic acids is 1. The van der Waals surface area contributed by atoms with Crippen molar-refractivity contribution in [3.8, 4) is 11.5 Å². The third-order valence-corrected chi connectivity index (χ3v) is 2.79. The molecule has 0 saturated heterocycles. The number of ether oxygens (including phenoxy) is 2. The fraction of sp³-hybridized carbons (Fsp3) is 0.429. The second-order valence-electron chi connectivity index (χ2n) is 4.34. The van der Waals surface area contributed by atoms with Gasteiger partial charge in [-0.1, -0.05) is 0 Å². The second-order valence-corrected chi connectivity index (χ2v) is 4.34. The van der Waals surface area contributed by atoms with Gasteiger partial charge in [-0.05, 0) is 12.8 Å². The Labute approximate surface area is 121 Å². The van der Waals surface area contributed by atoms with Crippen LogP contribution >= 0.6 is 0 Å². The number of carboxylic acids is 1. The van der Waals surface area contributed by atoms with Crippen molar-refractivity contribution in [2.75, 3.05) is 19.5 Å². The van der Waals surface area contributed by atoms with Crippen LogP contribution in [0.5, 0.6) is 11.5 Å². The van der Waals surface area contributed by atoms with Gasteiger partial charge in [0, 0.05) is 25.0 Å². The normalized spacial score (nSPS) is 10.0. The third kappa shape index (κ3) is 5.29. The summed E-state index contributed by atoms with van der Waals surface area (Å²) in [6.07, 6.45) is 0.962. The minimum Gasteiger partial charge on any atom is -0.493 e. The molecule has 0 bridgehead atoms. The number of halogens is 1. The van der Waals surface area contributed by atoms with Crippen LogP contribution in [0.1, 0.15) is 25.7 Å². The Bertz CT molecular complexity index is 518. The van der Waals surface area contributed by atoms with Crippen molar-refractivity contribution in [1.82, 2.24) is 0 Å². The van der Waals surface area contributed by atoms with Gasteiger partial charge in [0.05, 0.1) is 19.9 Å². The molecule has 2 N–H and O–H groups in total. The first-order valence-electron chi connectivity index (χ1n) is 6.41. The Hall–Kier alpha value is -2.31. The Morgan fingerprint density at radius 1 is 1.14 bits per heavy atom. The third-order valence-electron chi connectivity index (χ3n) is 2.79. The zero-order chi connectivity index (χ0) is 15.8. The highest BCUT2D eigenvalue weighted by Crippen LogP contribution is 2.32. The van der Waals surface area contributed by atoms with E-state index in [1.54, 1.807) is 0 Å². The molecule has 116 valence electrons. The van der Waals surface area contributed by atoms with Crippen molar-refractivity contribution in [3.05, 3.63) is 17.9 Å². The summed E-state index contributed by atoms with van der Waals surface area (Å²) in [6.45, 7) is 0. The molecule has 0 aromatic heterocycles. The molecule has 6 nitrogen and oxygen atoms in total. The number of carbonyl (C=O) groups excluding carboxylic acids is 1. The Morgan fingerprint density at radius 2 is 1.71 bits per heavy atom. The molecule has 0 saturated carbocycles. The van der Waals surface area contributed by atoms with E-state index < -0.39 is 11.8 Å². The number of benzene rings is 1. The maximum absolute atomic E-state index is 13.8. The van der Waals surface area contributed by atoms with Gasteiger partial charge < -0.3 is 19.9 Å². The number of hydrogen-bond acceptors (Lipinski definition) is 4. The molecule has 0 aliphatic rings. The maximum atomic E-state index is 13.8. The van der Waals surface area contributed by atoms with Crippen LogP contribution in [0.15, 0.2) is 12.1 Å². The van der Waals surface area contributed by atoms with Crippen LogP contribution in [0.2, 0.25) is 0 Å². The minimum absolute atomic E-state index is 0.00381. The van der Waals surface area contributed by atoms with Crippen molar-refractivity contribution >= 4 is 17.6 Å². The standard InChI is InChI=1S/C14H18FNO5/c1-20-11-7-9(15)10(8-12(11)21-2)16-13(17)5-3-4-6-14(18)19/h7-8H,3-6H2,1-2H3,(H,16,17)(H,18,19). The number of carbonyl (C=O) groups is 2. The van der Waals surface area contributed by atoms with E-state index in [9.17, 15) is 14.0 Å². The smallest absolute Gasteiger partial charge is 0.303 e. The van der Waals surface area contributed by atoms with Crippen molar-refractivity contribution in [3.63, 3.8) is 0 Å². The molecular formula is C14H18FNO5. The van der Waals surface area contributed by atoms with E-state index in [4.69, 9.17) is 14.6 Å². The van der Waals surface area contributed by atoms with Crippen molar-refractivity contribution in [2.45, 2.75) is 25.7 Å². The first kappa shape index (κ1) is 16.7. The molecule has 0 atom stereocenters. The number of methoxy groups -OCH3 is 2. The van der Waals surface area contributed by atoms with Gasteiger partial charge in [-0.2, -0.15) is 0 Å². The zero-order valence-corrected chi connectivity index (χ0v) is 11.9. The number of rotatable bonds is 8. The van der Waals surface area contributed by atoms with Crippen LogP contribution in [0, 0.1) is 5.82 Å². The Balaban J connectivity index is 2.61. The van der Waals surface area contributed by atoms with Crippen molar-refractivity contribution in [1.29, 1.82) is 0 Å². The fourth-order valence-corrected chi connectivity index (χ4v) is 1.72. The van der Waals surface area contributed by atoms with Gasteiger partial charge in [-0.3, -0.25) is 9.59 Å². The number of unbranched alkanes of at least 4 members (excludes halogenated alkanes) is 1. The molecule has 1 aromatic rings. The minimum atomic E-state index is -0.902. The number of amides is 1. The SMILES string of the molecule is COc1cc(F)c(NC(=O)CCCCC(=O)O)cc1OC. The van der Waals surface area contributed by atoms with E-state index in [0.29, 0.717) is 18.6 Å². The van der Waals surface area contributed by atoms with Gasteiger partial charge in [0.15, 0.2) is 17.3 Å². The van der Waals surface area contributed by atoms with Crippen LogP contribution in [0.3, 0.4) is 0 Å². The number of anilines is 1. The molecule has 0 spiro atoms. The predicted octanol–water partition coefficient (Wildman–Crippen LogP) is 2.43. The lowest BCUT2D eigenvalue weighted by Crippen LogP contribution is -2.13. The lowest BCUT2D eigenvalue weighted by Gasteiger charge is -2.11. The highest BCUT2D eigenvalue weighted by atomic mass is 19.1. The lowest BCUT2D eigenvalue weighted by molar-refractivity contribution is -0.137. The van der Waals surface area contributed by atoms with E-state index in [1.807, 2.05) is 0 Å². The van der Waals surface area contributed by atoms with Crippen LogP contribution in [-0.4, -0.2) is 31.2 Å². The molecule has 0 unspecified atom stereocenters. The largest absolute Gasteiger partial charge is 0.493 e. The van der Waals surface area contributed by atoms with Crippen molar-refractivity contribution < 1.29 is 28.6 Å². The maximum Gasteiger partial charge on any atom is 0.303 e. The summed E-state index contributed by atoms with van der Waals surface area (Å²) in [6, 6.07) is 2.46. The zero-order valence-electron chi connectivity index (χ0n) is 11.9. The molecule has 0 fully saturated rings. The molecule has 0 heterocycles. The predicted molar refractivity (Wildman–Crippen MR) is 74.2 cm³/mol. The summed E-state index contributed by atoms with van der Waals surface area (Å²) in [4.78, 5) is 22.0. The van der Waals surface area contributed by atoms with Gasteiger partial charge in [-0.15, -0.1) is 0 Å². The highest BCUT2D eigenvalue weighted by molar-refractivity contribution is 5.91. The average molecular weight is 299 g/mol. The fourth-order valence-electron chi connectivity index (χ4n) is 1.72. The Morgan fingerprint density at radius 3 is 2.29 bits per heavy atom. The van der Waals surface area contributed by atoms with E-state index >= 15 is 0 Å². The molecular weight excluding hydrogens is 281 g/mol. The van der Waals surface area contributed by atoms with Crippen LogP contribution < -0.4 is 14.8 Å². The number of carboxylic acid groups (broad SMARTS) is 1. The lowest BCUT2D eigenvalue weighted by atomic mass is 10.2. The summed E-state index contributed by atoms with van der Waals surface area (Å²) in [5.74, 6) is -1.38. The van der Waals surface area contributed by atoms with Crippen LogP contribution in [0.4, 0.5) is 10.1 Å². The molecule has 7 heteroatoms. The highest BCUT2D eigenvalue weighted by Gasteiger charge is 2.13. The molecule has 0 radical (unpaired) electrons. The van der Waals surface area contributed by atoms with Crippen LogP contribution in [0.25, 0.3) is 0 Å². The van der Waals surface area contributed by atoms with Gasteiger partial charge >= 0.3 is 5.97 Å². The molecule has 1 aromatic carbocycles. The quantitative estimate of drug-likeness (QED) is 0.720. The van der Waals surface area contributed by atoms with E-state index in [2.05, 4.69) is 5.32 Å². The first-order chi connectivity index (χ1) is 9.97. The van der Waals surface area contributed by atoms with E-state index in [1.165, 1.54) is 20.3 Å². The molecule has 0 aliphatic heterocycles. The molecule has 1 amide bonds. The molecule has 0 aliphatic carbocycles. The second kappa shape index (κ2) is 8.08. The first-order valence-corrected chi connectivity index (χ1v) is 6.41.